The number of rotatable bonds is 5. The lowest BCUT2D eigenvalue weighted by Crippen LogP contribution is -2.21. The molecule has 1 aromatic heterocycles. The van der Waals surface area contributed by atoms with Gasteiger partial charge in [-0.3, -0.25) is 4.79 Å². The first-order chi connectivity index (χ1) is 6.75. The SMILES string of the molecule is CCCCCCn1cccc(I)c1=O. The lowest BCUT2D eigenvalue weighted by molar-refractivity contribution is 0.569. The van der Waals surface area contributed by atoms with Crippen LogP contribution in [0, 0.1) is 3.57 Å². The number of nitrogens with zero attached hydrogens (tertiary/aromatic N) is 1. The molecule has 14 heavy (non-hydrogen) atoms. The Morgan fingerprint density at radius 3 is 2.86 bits per heavy atom. The Morgan fingerprint density at radius 1 is 1.36 bits per heavy atom. The van der Waals surface area contributed by atoms with Crippen molar-refractivity contribution in [3.05, 3.63) is 32.3 Å². The molecule has 0 atom stereocenters. The zero-order valence-electron chi connectivity index (χ0n) is 8.50. The van der Waals surface area contributed by atoms with Gasteiger partial charge in [-0.15, -0.1) is 0 Å². The lowest BCUT2D eigenvalue weighted by atomic mass is 10.2. The van der Waals surface area contributed by atoms with Gasteiger partial charge in [0.2, 0.25) is 0 Å². The summed E-state index contributed by atoms with van der Waals surface area (Å²) in [5.74, 6) is 0. The maximum Gasteiger partial charge on any atom is 0.263 e. The normalized spacial score (nSPS) is 10.4. The fourth-order valence-corrected chi connectivity index (χ4v) is 1.91. The molecule has 1 rings (SSSR count). The second-order valence-electron chi connectivity index (χ2n) is 3.42. The van der Waals surface area contributed by atoms with Gasteiger partial charge in [-0.25, -0.2) is 0 Å². The van der Waals surface area contributed by atoms with Crippen molar-refractivity contribution in [2.24, 2.45) is 0 Å². The smallest absolute Gasteiger partial charge is 0.263 e. The number of aryl methyl sites for hydroxylation is 1. The Morgan fingerprint density at radius 2 is 2.14 bits per heavy atom. The van der Waals surface area contributed by atoms with Crippen molar-refractivity contribution in [1.82, 2.24) is 4.57 Å². The quantitative estimate of drug-likeness (QED) is 0.605. The fourth-order valence-electron chi connectivity index (χ4n) is 1.39. The third kappa shape index (κ3) is 3.44. The molecule has 0 saturated heterocycles. The van der Waals surface area contributed by atoms with Crippen LogP contribution < -0.4 is 5.56 Å². The Hall–Kier alpha value is -0.320. The van der Waals surface area contributed by atoms with Gasteiger partial charge in [-0.1, -0.05) is 26.2 Å². The Balaban J connectivity index is 2.51. The van der Waals surface area contributed by atoms with E-state index in [2.05, 4.69) is 29.5 Å². The van der Waals surface area contributed by atoms with Crippen LogP contribution in [0.1, 0.15) is 32.6 Å². The molecule has 0 spiro atoms. The molecule has 0 unspecified atom stereocenters. The van der Waals surface area contributed by atoms with E-state index in [1.807, 2.05) is 18.3 Å². The maximum absolute atomic E-state index is 11.6. The van der Waals surface area contributed by atoms with Crippen LogP contribution in [0.5, 0.6) is 0 Å². The topological polar surface area (TPSA) is 22.0 Å². The van der Waals surface area contributed by atoms with Crippen LogP contribution in [0.2, 0.25) is 0 Å². The summed E-state index contributed by atoms with van der Waals surface area (Å²) in [4.78, 5) is 11.6. The zero-order valence-corrected chi connectivity index (χ0v) is 10.7. The third-order valence-electron chi connectivity index (χ3n) is 2.23. The predicted molar refractivity (Wildman–Crippen MR) is 67.6 cm³/mol. The third-order valence-corrected chi connectivity index (χ3v) is 3.05. The molecule has 0 aliphatic carbocycles. The standard InChI is InChI=1S/C11H16INO/c1-2-3-4-5-8-13-9-6-7-10(12)11(13)14/h6-7,9H,2-5,8H2,1H3. The summed E-state index contributed by atoms with van der Waals surface area (Å²) < 4.78 is 2.61. The van der Waals surface area contributed by atoms with Crippen LogP contribution in [0.15, 0.2) is 23.1 Å². The van der Waals surface area contributed by atoms with Crippen LogP contribution in [0.25, 0.3) is 0 Å². The lowest BCUT2D eigenvalue weighted by Gasteiger charge is -2.04. The molecule has 78 valence electrons. The van der Waals surface area contributed by atoms with Crippen molar-refractivity contribution in [3.8, 4) is 0 Å². The number of aromatic nitrogens is 1. The van der Waals surface area contributed by atoms with Gasteiger partial charge in [0.1, 0.15) is 0 Å². The Kier molecular flexibility index (Phi) is 5.22. The van der Waals surface area contributed by atoms with Gasteiger partial charge in [0, 0.05) is 12.7 Å². The number of hydrogen-bond acceptors (Lipinski definition) is 1. The van der Waals surface area contributed by atoms with E-state index < -0.39 is 0 Å². The summed E-state index contributed by atoms with van der Waals surface area (Å²) in [6, 6.07) is 3.79. The summed E-state index contributed by atoms with van der Waals surface area (Å²) in [6.45, 7) is 3.05. The fraction of sp³-hybridized carbons (Fsp3) is 0.545. The van der Waals surface area contributed by atoms with Gasteiger partial charge >= 0.3 is 0 Å². The monoisotopic (exact) mass is 305 g/mol. The molecular formula is C11H16INO. The second-order valence-corrected chi connectivity index (χ2v) is 4.58. The van der Waals surface area contributed by atoms with Crippen molar-refractivity contribution in [3.63, 3.8) is 0 Å². The molecule has 0 aromatic carbocycles. The van der Waals surface area contributed by atoms with Gasteiger partial charge in [0.25, 0.3) is 5.56 Å². The van der Waals surface area contributed by atoms with E-state index in [-0.39, 0.29) is 5.56 Å². The van der Waals surface area contributed by atoms with E-state index in [1.54, 1.807) is 4.57 Å². The van der Waals surface area contributed by atoms with Crippen LogP contribution in [-0.2, 0) is 6.54 Å². The van der Waals surface area contributed by atoms with E-state index in [1.165, 1.54) is 19.3 Å². The highest BCUT2D eigenvalue weighted by atomic mass is 127. The first kappa shape index (κ1) is 11.8. The van der Waals surface area contributed by atoms with E-state index in [9.17, 15) is 4.79 Å². The molecule has 3 heteroatoms. The van der Waals surface area contributed by atoms with Crippen LogP contribution >= 0.6 is 22.6 Å². The summed E-state index contributed by atoms with van der Waals surface area (Å²) in [5, 5.41) is 0. The van der Waals surface area contributed by atoms with Crippen molar-refractivity contribution in [2.45, 2.75) is 39.2 Å². The first-order valence-electron chi connectivity index (χ1n) is 5.10. The zero-order chi connectivity index (χ0) is 10.4. The van der Waals surface area contributed by atoms with E-state index in [4.69, 9.17) is 0 Å². The highest BCUT2D eigenvalue weighted by Crippen LogP contribution is 2.01. The summed E-state index contributed by atoms with van der Waals surface area (Å²) in [6.07, 6.45) is 6.69. The van der Waals surface area contributed by atoms with Crippen molar-refractivity contribution < 1.29 is 0 Å². The molecule has 0 radical (unpaired) electrons. The van der Waals surface area contributed by atoms with Crippen LogP contribution in [-0.4, -0.2) is 4.57 Å². The second kappa shape index (κ2) is 6.22. The largest absolute Gasteiger partial charge is 0.315 e. The number of pyridine rings is 1. The van der Waals surface area contributed by atoms with E-state index in [0.29, 0.717) is 0 Å². The summed E-state index contributed by atoms with van der Waals surface area (Å²) >= 11 is 2.09. The molecule has 0 N–H and O–H groups in total. The Bertz CT molecular complexity index is 332. The van der Waals surface area contributed by atoms with Crippen LogP contribution in [0.4, 0.5) is 0 Å². The highest BCUT2D eigenvalue weighted by molar-refractivity contribution is 14.1. The molecular weight excluding hydrogens is 289 g/mol. The molecule has 1 heterocycles. The van der Waals surface area contributed by atoms with E-state index in [0.717, 1.165) is 16.5 Å². The van der Waals surface area contributed by atoms with Gasteiger partial charge < -0.3 is 4.57 Å². The number of hydrogen-bond donors (Lipinski definition) is 0. The molecule has 0 saturated carbocycles. The van der Waals surface area contributed by atoms with Gasteiger partial charge in [-0.2, -0.15) is 0 Å². The van der Waals surface area contributed by atoms with Gasteiger partial charge in [0.05, 0.1) is 3.57 Å². The molecule has 1 aromatic rings. The maximum atomic E-state index is 11.6. The van der Waals surface area contributed by atoms with Crippen molar-refractivity contribution >= 4 is 22.6 Å². The van der Waals surface area contributed by atoms with Gasteiger partial charge in [0.15, 0.2) is 0 Å². The summed E-state index contributed by atoms with van der Waals surface area (Å²) in [7, 11) is 0. The minimum absolute atomic E-state index is 0.143. The van der Waals surface area contributed by atoms with Crippen molar-refractivity contribution in [2.75, 3.05) is 0 Å². The molecule has 0 fully saturated rings. The minimum atomic E-state index is 0.143. The van der Waals surface area contributed by atoms with Crippen molar-refractivity contribution in [1.29, 1.82) is 0 Å². The summed E-state index contributed by atoms with van der Waals surface area (Å²) in [5.41, 5.74) is 0.143. The molecule has 0 aliphatic rings. The predicted octanol–water partition coefficient (Wildman–Crippen LogP) is 3.03. The molecule has 0 bridgehead atoms. The first-order valence-corrected chi connectivity index (χ1v) is 6.18. The Labute approximate surface area is 98.5 Å². The minimum Gasteiger partial charge on any atom is -0.315 e. The average Bonchev–Trinajstić information content (AvgIpc) is 2.19. The average molecular weight is 305 g/mol. The molecule has 0 amide bonds. The van der Waals surface area contributed by atoms with Crippen LogP contribution in [0.3, 0.4) is 0 Å². The number of unbranched alkanes of at least 4 members (excludes halogenated alkanes) is 3. The molecule has 0 aliphatic heterocycles. The number of halogens is 1. The highest BCUT2D eigenvalue weighted by Gasteiger charge is 1.98. The van der Waals surface area contributed by atoms with E-state index >= 15 is 0 Å². The van der Waals surface area contributed by atoms with Gasteiger partial charge in [-0.05, 0) is 41.1 Å². The molecule has 2 nitrogen and oxygen atoms in total.